The lowest BCUT2D eigenvalue weighted by molar-refractivity contribution is -0.119. The van der Waals surface area contributed by atoms with E-state index in [0.717, 1.165) is 40.3 Å². The molecule has 3 heterocycles. The summed E-state index contributed by atoms with van der Waals surface area (Å²) < 4.78 is 0. The van der Waals surface area contributed by atoms with Crippen molar-refractivity contribution in [2.24, 2.45) is 11.6 Å². The van der Waals surface area contributed by atoms with Crippen molar-refractivity contribution >= 4 is 39.2 Å². The molecule has 0 radical (unpaired) electrons. The van der Waals surface area contributed by atoms with Crippen LogP contribution in [0, 0.1) is 6.92 Å². The number of anilines is 2. The van der Waals surface area contributed by atoms with Crippen LogP contribution < -0.4 is 21.9 Å². The van der Waals surface area contributed by atoms with E-state index < -0.39 is 0 Å². The highest BCUT2D eigenvalue weighted by Gasteiger charge is 2.31. The number of hydrazine groups is 1. The van der Waals surface area contributed by atoms with Gasteiger partial charge in [-0.3, -0.25) is 10.2 Å². The summed E-state index contributed by atoms with van der Waals surface area (Å²) in [5.41, 5.74) is 7.96. The molecule has 1 saturated heterocycles. The molecule has 0 aliphatic carbocycles. The number of aromatic nitrogens is 2. The third-order valence-corrected chi connectivity index (χ3v) is 4.42. The maximum absolute atomic E-state index is 11.6. The van der Waals surface area contributed by atoms with Crippen molar-refractivity contribution in [3.63, 3.8) is 0 Å². The first-order valence-electron chi connectivity index (χ1n) is 6.41. The minimum Gasteiger partial charge on any atom is -0.368 e. The number of fused-ring (bicyclic) bond motifs is 1. The van der Waals surface area contributed by atoms with Gasteiger partial charge in [0.05, 0.1) is 5.39 Å². The van der Waals surface area contributed by atoms with Crippen molar-refractivity contribution in [2.75, 3.05) is 16.9 Å². The van der Waals surface area contributed by atoms with E-state index in [1.807, 2.05) is 17.9 Å². The lowest BCUT2D eigenvalue weighted by atomic mass is 10.2. The zero-order valence-electron chi connectivity index (χ0n) is 11.1. The van der Waals surface area contributed by atoms with Gasteiger partial charge in [-0.05, 0) is 25.8 Å². The summed E-state index contributed by atoms with van der Waals surface area (Å²) in [5.74, 6) is 6.19. The number of amides is 1. The first-order chi connectivity index (χ1) is 9.60. The van der Waals surface area contributed by atoms with E-state index in [9.17, 15) is 4.79 Å². The highest BCUT2D eigenvalue weighted by Crippen LogP contribution is 2.34. The molecule has 1 aliphatic rings. The zero-order valence-corrected chi connectivity index (χ0v) is 11.9. The number of primary amides is 1. The molecule has 0 saturated carbocycles. The highest BCUT2D eigenvalue weighted by molar-refractivity contribution is 7.18. The molecule has 0 aromatic carbocycles. The third-order valence-electron chi connectivity index (χ3n) is 3.48. The molecule has 0 spiro atoms. The molecule has 3 rings (SSSR count). The van der Waals surface area contributed by atoms with E-state index >= 15 is 0 Å². The van der Waals surface area contributed by atoms with E-state index in [1.165, 1.54) is 0 Å². The molecule has 1 amide bonds. The van der Waals surface area contributed by atoms with Crippen molar-refractivity contribution < 1.29 is 4.79 Å². The van der Waals surface area contributed by atoms with Crippen LogP contribution >= 0.6 is 11.3 Å². The predicted molar refractivity (Wildman–Crippen MR) is 79.5 cm³/mol. The molecule has 106 valence electrons. The van der Waals surface area contributed by atoms with Crippen LogP contribution in [-0.4, -0.2) is 28.5 Å². The molecule has 1 aliphatic heterocycles. The minimum atomic E-state index is -0.316. The molecular formula is C12H16N6OS. The Morgan fingerprint density at radius 3 is 3.05 bits per heavy atom. The molecule has 8 heteroatoms. The number of hydrogen-bond donors (Lipinski definition) is 3. The molecule has 0 bridgehead atoms. The summed E-state index contributed by atoms with van der Waals surface area (Å²) in [5, 5.41) is 0.944. The fourth-order valence-corrected chi connectivity index (χ4v) is 3.50. The lowest BCUT2D eigenvalue weighted by Crippen LogP contribution is -2.41. The number of aryl methyl sites for hydroxylation is 1. The van der Waals surface area contributed by atoms with Gasteiger partial charge in [0.2, 0.25) is 11.9 Å². The summed E-state index contributed by atoms with van der Waals surface area (Å²) in [7, 11) is 0. The zero-order chi connectivity index (χ0) is 14.3. The van der Waals surface area contributed by atoms with Gasteiger partial charge >= 0.3 is 0 Å². The van der Waals surface area contributed by atoms with Crippen molar-refractivity contribution in [1.29, 1.82) is 0 Å². The summed E-state index contributed by atoms with van der Waals surface area (Å²) in [4.78, 5) is 24.3. The summed E-state index contributed by atoms with van der Waals surface area (Å²) in [6, 6.07) is 1.73. The Kier molecular flexibility index (Phi) is 3.19. The van der Waals surface area contributed by atoms with Gasteiger partial charge in [-0.1, -0.05) is 0 Å². The van der Waals surface area contributed by atoms with Gasteiger partial charge in [0, 0.05) is 11.4 Å². The van der Waals surface area contributed by atoms with E-state index in [-0.39, 0.29) is 11.9 Å². The van der Waals surface area contributed by atoms with Crippen molar-refractivity contribution in [2.45, 2.75) is 25.8 Å². The molecule has 20 heavy (non-hydrogen) atoms. The number of nitrogens with two attached hydrogens (primary N) is 2. The molecule has 1 atom stereocenters. The maximum atomic E-state index is 11.6. The van der Waals surface area contributed by atoms with Crippen LogP contribution in [0.3, 0.4) is 0 Å². The highest BCUT2D eigenvalue weighted by atomic mass is 32.1. The quantitative estimate of drug-likeness (QED) is 0.568. The number of carbonyl (C=O) groups is 1. The summed E-state index contributed by atoms with van der Waals surface area (Å²) in [6.07, 6.45) is 1.68. The van der Waals surface area contributed by atoms with Gasteiger partial charge in [-0.2, -0.15) is 4.98 Å². The largest absolute Gasteiger partial charge is 0.368 e. The molecule has 5 N–H and O–H groups in total. The number of carbonyl (C=O) groups excluding carboxylic acids is 1. The third kappa shape index (κ3) is 2.06. The van der Waals surface area contributed by atoms with Crippen LogP contribution in [0.4, 0.5) is 11.8 Å². The smallest absolute Gasteiger partial charge is 0.240 e. The molecule has 7 nitrogen and oxygen atoms in total. The second-order valence-corrected chi connectivity index (χ2v) is 6.08. The Balaban J connectivity index is 2.16. The minimum absolute atomic E-state index is 0.307. The second kappa shape index (κ2) is 4.88. The summed E-state index contributed by atoms with van der Waals surface area (Å²) >= 11 is 1.57. The van der Waals surface area contributed by atoms with Gasteiger partial charge in [0.25, 0.3) is 0 Å². The Morgan fingerprint density at radius 1 is 1.55 bits per heavy atom. The van der Waals surface area contributed by atoms with Crippen LogP contribution in [0.15, 0.2) is 6.07 Å². The predicted octanol–water partition coefficient (Wildman–Crippen LogP) is 0.739. The SMILES string of the molecule is Cc1cc2c(N3CCCC3C(N)=O)nc(NN)nc2s1. The first kappa shape index (κ1) is 13.1. The molecule has 2 aromatic rings. The second-order valence-electron chi connectivity index (χ2n) is 4.84. The Labute approximate surface area is 119 Å². The number of nitrogens with one attached hydrogen (secondary N) is 1. The van der Waals surface area contributed by atoms with Gasteiger partial charge in [-0.15, -0.1) is 11.3 Å². The summed E-state index contributed by atoms with van der Waals surface area (Å²) in [6.45, 7) is 2.78. The maximum Gasteiger partial charge on any atom is 0.240 e. The number of hydrogen-bond acceptors (Lipinski definition) is 7. The van der Waals surface area contributed by atoms with Crippen molar-refractivity contribution in [3.05, 3.63) is 10.9 Å². The van der Waals surface area contributed by atoms with Crippen molar-refractivity contribution in [1.82, 2.24) is 9.97 Å². The number of thiophene rings is 1. The average Bonchev–Trinajstić information content (AvgIpc) is 3.02. The van der Waals surface area contributed by atoms with Crippen LogP contribution in [-0.2, 0) is 4.79 Å². The molecular weight excluding hydrogens is 276 g/mol. The molecule has 1 fully saturated rings. The number of nitrogen functional groups attached to an aromatic ring is 1. The lowest BCUT2D eigenvalue weighted by Gasteiger charge is -2.24. The van der Waals surface area contributed by atoms with Gasteiger partial charge in [0.15, 0.2) is 0 Å². The van der Waals surface area contributed by atoms with E-state index in [1.54, 1.807) is 11.3 Å². The van der Waals surface area contributed by atoms with Crippen molar-refractivity contribution in [3.8, 4) is 0 Å². The molecule has 1 unspecified atom stereocenters. The fraction of sp³-hybridized carbons (Fsp3) is 0.417. The Hall–Kier alpha value is -1.93. The van der Waals surface area contributed by atoms with E-state index in [0.29, 0.717) is 5.95 Å². The van der Waals surface area contributed by atoms with Crippen LogP contribution in [0.1, 0.15) is 17.7 Å². The van der Waals surface area contributed by atoms with Gasteiger partial charge in [-0.25, -0.2) is 10.8 Å². The van der Waals surface area contributed by atoms with Crippen LogP contribution in [0.5, 0.6) is 0 Å². The van der Waals surface area contributed by atoms with Crippen LogP contribution in [0.25, 0.3) is 10.2 Å². The fourth-order valence-electron chi connectivity index (χ4n) is 2.63. The van der Waals surface area contributed by atoms with Gasteiger partial charge in [0.1, 0.15) is 16.7 Å². The van der Waals surface area contributed by atoms with E-state index in [2.05, 4.69) is 15.4 Å². The standard InChI is InChI=1S/C12H16N6OS/c1-6-5-7-10(15-12(17-14)16-11(7)20-6)18-4-2-3-8(18)9(13)19/h5,8H,2-4,14H2,1H3,(H2,13,19)(H,15,16,17). The number of rotatable bonds is 3. The normalized spacial score (nSPS) is 18.7. The molecule has 2 aromatic heterocycles. The monoisotopic (exact) mass is 292 g/mol. The first-order valence-corrected chi connectivity index (χ1v) is 7.22. The van der Waals surface area contributed by atoms with E-state index in [4.69, 9.17) is 11.6 Å². The topological polar surface area (TPSA) is 110 Å². The average molecular weight is 292 g/mol. The van der Waals surface area contributed by atoms with Gasteiger partial charge < -0.3 is 10.6 Å². The number of nitrogens with zero attached hydrogens (tertiary/aromatic N) is 3. The Morgan fingerprint density at radius 2 is 2.35 bits per heavy atom. The van der Waals surface area contributed by atoms with Crippen LogP contribution in [0.2, 0.25) is 0 Å². The Bertz CT molecular complexity index is 669.